The summed E-state index contributed by atoms with van der Waals surface area (Å²) in [5.74, 6) is 1.66. The molecule has 1 atom stereocenters. The van der Waals surface area contributed by atoms with Crippen LogP contribution in [0.1, 0.15) is 50.5 Å². The fraction of sp³-hybridized carbons (Fsp3) is 0.708. The monoisotopic (exact) mass is 400 g/mol. The van der Waals surface area contributed by atoms with Gasteiger partial charge in [-0.2, -0.15) is 0 Å². The first-order valence-corrected chi connectivity index (χ1v) is 11.6. The predicted molar refractivity (Wildman–Crippen MR) is 121 cm³/mol. The van der Waals surface area contributed by atoms with Crippen molar-refractivity contribution in [2.75, 3.05) is 52.9 Å². The van der Waals surface area contributed by atoms with Crippen molar-refractivity contribution >= 4 is 5.96 Å². The van der Waals surface area contributed by atoms with E-state index in [1.807, 2.05) is 13.1 Å². The number of benzene rings is 1. The molecule has 0 bridgehead atoms. The van der Waals surface area contributed by atoms with E-state index in [-0.39, 0.29) is 0 Å². The van der Waals surface area contributed by atoms with Crippen LogP contribution in [0.3, 0.4) is 0 Å². The number of hydrogen-bond acceptors (Lipinski definition) is 3. The normalized spacial score (nSPS) is 20.9. The van der Waals surface area contributed by atoms with Gasteiger partial charge >= 0.3 is 0 Å². The Hall–Kier alpha value is -1.59. The van der Waals surface area contributed by atoms with Crippen LogP contribution in [0.5, 0.6) is 0 Å². The van der Waals surface area contributed by atoms with Gasteiger partial charge in [-0.15, -0.1) is 0 Å². The smallest absolute Gasteiger partial charge is 0.193 e. The molecule has 0 aromatic heterocycles. The van der Waals surface area contributed by atoms with E-state index in [1.165, 1.54) is 70.1 Å². The molecule has 0 spiro atoms. The van der Waals surface area contributed by atoms with Gasteiger partial charge in [-0.25, -0.2) is 0 Å². The molecule has 5 nitrogen and oxygen atoms in total. The second-order valence-corrected chi connectivity index (χ2v) is 8.54. The van der Waals surface area contributed by atoms with E-state index in [2.05, 4.69) is 44.4 Å². The summed E-state index contributed by atoms with van der Waals surface area (Å²) in [6, 6.07) is 10.4. The number of hydrogen-bond donors (Lipinski definition) is 1. The van der Waals surface area contributed by atoms with Gasteiger partial charge < -0.3 is 19.9 Å². The van der Waals surface area contributed by atoms with E-state index >= 15 is 0 Å². The summed E-state index contributed by atoms with van der Waals surface area (Å²) in [6.45, 7) is 8.61. The molecule has 162 valence electrons. The lowest BCUT2D eigenvalue weighted by molar-refractivity contribution is 0.0907. The van der Waals surface area contributed by atoms with Crippen molar-refractivity contribution in [3.63, 3.8) is 0 Å². The molecule has 29 heavy (non-hydrogen) atoms. The quantitative estimate of drug-likeness (QED) is 0.369. The highest BCUT2D eigenvalue weighted by molar-refractivity contribution is 5.80. The van der Waals surface area contributed by atoms with Crippen molar-refractivity contribution in [2.45, 2.75) is 51.6 Å². The molecule has 0 radical (unpaired) electrons. The largest absolute Gasteiger partial charge is 0.376 e. The summed E-state index contributed by atoms with van der Waals surface area (Å²) >= 11 is 0. The first-order chi connectivity index (χ1) is 14.3. The van der Waals surface area contributed by atoms with Crippen LogP contribution in [-0.2, 0) is 11.3 Å². The third kappa shape index (κ3) is 7.98. The second kappa shape index (κ2) is 12.9. The van der Waals surface area contributed by atoms with Gasteiger partial charge in [0.1, 0.15) is 0 Å². The number of aliphatic imine (C=N–C) groups is 1. The van der Waals surface area contributed by atoms with E-state index in [0.717, 1.165) is 32.2 Å². The van der Waals surface area contributed by atoms with Crippen molar-refractivity contribution in [2.24, 2.45) is 10.9 Å². The SMILES string of the molecule is CN=C(NCCCCCN1CCCCC1)N1CCC(COCc2ccccc2)C1. The van der Waals surface area contributed by atoms with Crippen molar-refractivity contribution in [1.82, 2.24) is 15.1 Å². The van der Waals surface area contributed by atoms with E-state index in [1.54, 1.807) is 0 Å². The summed E-state index contributed by atoms with van der Waals surface area (Å²) in [5.41, 5.74) is 1.25. The molecule has 0 aliphatic carbocycles. The number of rotatable bonds is 10. The zero-order valence-corrected chi connectivity index (χ0v) is 18.3. The van der Waals surface area contributed by atoms with Crippen LogP contribution in [-0.4, -0.2) is 68.7 Å². The molecule has 1 aromatic rings. The Kier molecular flexibility index (Phi) is 9.80. The lowest BCUT2D eigenvalue weighted by Gasteiger charge is -2.26. The van der Waals surface area contributed by atoms with Crippen LogP contribution >= 0.6 is 0 Å². The third-order valence-corrected chi connectivity index (χ3v) is 6.15. The number of likely N-dealkylation sites (tertiary alicyclic amines) is 2. The molecule has 1 N–H and O–H groups in total. The minimum Gasteiger partial charge on any atom is -0.376 e. The molecule has 2 aliphatic heterocycles. The predicted octanol–water partition coefficient (Wildman–Crippen LogP) is 3.76. The summed E-state index contributed by atoms with van der Waals surface area (Å²) in [5, 5.41) is 3.57. The summed E-state index contributed by atoms with van der Waals surface area (Å²) < 4.78 is 5.95. The standard InChI is InChI=1S/C24H40N4O/c1-25-24(26-14-7-3-8-15-27-16-9-4-10-17-27)28-18-13-23(19-28)21-29-20-22-11-5-2-6-12-22/h2,5-6,11-12,23H,3-4,7-10,13-21H2,1H3,(H,25,26). The maximum atomic E-state index is 5.95. The number of nitrogens with zero attached hydrogens (tertiary/aromatic N) is 3. The van der Waals surface area contributed by atoms with E-state index in [9.17, 15) is 0 Å². The zero-order chi connectivity index (χ0) is 20.2. The molecule has 3 rings (SSSR count). The molecule has 1 unspecified atom stereocenters. The van der Waals surface area contributed by atoms with Gasteiger partial charge in [0, 0.05) is 32.6 Å². The average molecular weight is 401 g/mol. The Morgan fingerprint density at radius 2 is 1.90 bits per heavy atom. The van der Waals surface area contributed by atoms with Crippen molar-refractivity contribution in [1.29, 1.82) is 0 Å². The van der Waals surface area contributed by atoms with Gasteiger partial charge in [0.15, 0.2) is 5.96 Å². The molecule has 2 fully saturated rings. The van der Waals surface area contributed by atoms with E-state index in [4.69, 9.17) is 4.74 Å². The van der Waals surface area contributed by atoms with E-state index in [0.29, 0.717) is 12.5 Å². The maximum absolute atomic E-state index is 5.95. The van der Waals surface area contributed by atoms with E-state index < -0.39 is 0 Å². The highest BCUT2D eigenvalue weighted by Gasteiger charge is 2.24. The van der Waals surface area contributed by atoms with Crippen molar-refractivity contribution < 1.29 is 4.74 Å². The molecule has 0 saturated carbocycles. The Morgan fingerprint density at radius 1 is 1.07 bits per heavy atom. The molecular formula is C24H40N4O. The molecule has 1 aromatic carbocycles. The lowest BCUT2D eigenvalue weighted by Crippen LogP contribution is -2.40. The van der Waals surface area contributed by atoms with Crippen LogP contribution in [0.2, 0.25) is 0 Å². The lowest BCUT2D eigenvalue weighted by atomic mass is 10.1. The minimum atomic E-state index is 0.599. The second-order valence-electron chi connectivity index (χ2n) is 8.54. The number of unbranched alkanes of at least 4 members (excludes halogenated alkanes) is 2. The molecule has 2 aliphatic rings. The highest BCUT2D eigenvalue weighted by Crippen LogP contribution is 2.17. The fourth-order valence-electron chi connectivity index (χ4n) is 4.43. The molecule has 5 heteroatoms. The molecule has 2 heterocycles. The van der Waals surface area contributed by atoms with Crippen LogP contribution < -0.4 is 5.32 Å². The molecular weight excluding hydrogens is 360 g/mol. The fourth-order valence-corrected chi connectivity index (χ4v) is 4.43. The van der Waals surface area contributed by atoms with Gasteiger partial charge in [0.2, 0.25) is 0 Å². The maximum Gasteiger partial charge on any atom is 0.193 e. The summed E-state index contributed by atoms with van der Waals surface area (Å²) in [7, 11) is 1.90. The third-order valence-electron chi connectivity index (χ3n) is 6.15. The van der Waals surface area contributed by atoms with Crippen LogP contribution in [0, 0.1) is 5.92 Å². The van der Waals surface area contributed by atoms with Crippen molar-refractivity contribution in [3.8, 4) is 0 Å². The van der Waals surface area contributed by atoms with Gasteiger partial charge in [-0.3, -0.25) is 4.99 Å². The van der Waals surface area contributed by atoms with Gasteiger partial charge in [-0.1, -0.05) is 43.2 Å². The Morgan fingerprint density at radius 3 is 2.69 bits per heavy atom. The summed E-state index contributed by atoms with van der Waals surface area (Å²) in [4.78, 5) is 9.54. The summed E-state index contributed by atoms with van der Waals surface area (Å²) in [6.07, 6.45) is 9.25. The van der Waals surface area contributed by atoms with Gasteiger partial charge in [0.05, 0.1) is 13.2 Å². The van der Waals surface area contributed by atoms with Crippen molar-refractivity contribution in [3.05, 3.63) is 35.9 Å². The Bertz CT molecular complexity index is 586. The topological polar surface area (TPSA) is 40.1 Å². The number of ether oxygens (including phenoxy) is 1. The number of piperidine rings is 1. The molecule has 2 saturated heterocycles. The Balaban J connectivity index is 1.24. The number of guanidine groups is 1. The zero-order valence-electron chi connectivity index (χ0n) is 18.3. The van der Waals surface area contributed by atoms with Gasteiger partial charge in [-0.05, 0) is 57.3 Å². The number of nitrogens with one attached hydrogen (secondary N) is 1. The van der Waals surface area contributed by atoms with Crippen LogP contribution in [0.15, 0.2) is 35.3 Å². The van der Waals surface area contributed by atoms with Crippen LogP contribution in [0.25, 0.3) is 0 Å². The highest BCUT2D eigenvalue weighted by atomic mass is 16.5. The average Bonchev–Trinajstić information content (AvgIpc) is 3.23. The minimum absolute atomic E-state index is 0.599. The first-order valence-electron chi connectivity index (χ1n) is 11.6. The van der Waals surface area contributed by atoms with Crippen LogP contribution in [0.4, 0.5) is 0 Å². The Labute approximate surface area is 177 Å². The van der Waals surface area contributed by atoms with Gasteiger partial charge in [0.25, 0.3) is 0 Å². The first kappa shape index (κ1) is 22.1. The molecule has 0 amide bonds.